The van der Waals surface area contributed by atoms with Gasteiger partial charge in [0.25, 0.3) is 0 Å². The van der Waals surface area contributed by atoms with E-state index in [1.165, 1.54) is 12.1 Å². The summed E-state index contributed by atoms with van der Waals surface area (Å²) >= 11 is 0. The molecule has 8 heteroatoms. The maximum atomic E-state index is 13.6. The van der Waals surface area contributed by atoms with Crippen molar-refractivity contribution >= 4 is 11.5 Å². The van der Waals surface area contributed by atoms with Crippen molar-refractivity contribution in [3.8, 4) is 11.4 Å². The van der Waals surface area contributed by atoms with Crippen molar-refractivity contribution in [3.05, 3.63) is 42.2 Å². The van der Waals surface area contributed by atoms with E-state index in [4.69, 9.17) is 14.6 Å². The van der Waals surface area contributed by atoms with E-state index in [1.807, 2.05) is 12.1 Å². The van der Waals surface area contributed by atoms with E-state index in [-0.39, 0.29) is 18.0 Å². The van der Waals surface area contributed by atoms with Gasteiger partial charge in [0.2, 0.25) is 0 Å². The summed E-state index contributed by atoms with van der Waals surface area (Å²) in [5, 5.41) is 13.0. The first-order valence-electron chi connectivity index (χ1n) is 8.46. The molecule has 1 aliphatic rings. The van der Waals surface area contributed by atoms with Crippen molar-refractivity contribution in [2.75, 3.05) is 32.3 Å². The van der Waals surface area contributed by atoms with E-state index >= 15 is 0 Å². The first-order chi connectivity index (χ1) is 12.7. The number of fused-ring (bicyclic) bond motifs is 1. The van der Waals surface area contributed by atoms with Crippen LogP contribution in [-0.2, 0) is 9.47 Å². The number of anilines is 1. The summed E-state index contributed by atoms with van der Waals surface area (Å²) < 4.78 is 26.1. The number of rotatable bonds is 5. The summed E-state index contributed by atoms with van der Waals surface area (Å²) in [7, 11) is 3.41. The maximum absolute atomic E-state index is 13.6. The molecule has 4 rings (SSSR count). The topological polar surface area (TPSA) is 64.8 Å². The van der Waals surface area contributed by atoms with Gasteiger partial charge in [-0.15, -0.1) is 15.3 Å². The third kappa shape index (κ3) is 3.02. The van der Waals surface area contributed by atoms with Crippen LogP contribution in [-0.4, -0.2) is 59.3 Å². The minimum absolute atomic E-state index is 0.135. The SMILES string of the molecule is COC[C@@H]1C[C@@H](OC)CN1c1ccc2nnc(-c3cccc(F)c3)n2n1. The highest BCUT2D eigenvalue weighted by atomic mass is 19.1. The van der Waals surface area contributed by atoms with E-state index in [0.29, 0.717) is 23.6 Å². The van der Waals surface area contributed by atoms with Crippen LogP contribution in [0.5, 0.6) is 0 Å². The van der Waals surface area contributed by atoms with E-state index in [0.717, 1.165) is 18.8 Å². The molecule has 1 saturated heterocycles. The molecule has 0 bridgehead atoms. The normalized spacial score (nSPS) is 20.2. The lowest BCUT2D eigenvalue weighted by Crippen LogP contribution is -2.34. The Bertz CT molecular complexity index is 915. The van der Waals surface area contributed by atoms with Crippen LogP contribution in [0.15, 0.2) is 36.4 Å². The fourth-order valence-corrected chi connectivity index (χ4v) is 3.42. The van der Waals surface area contributed by atoms with Crippen LogP contribution >= 0.6 is 0 Å². The van der Waals surface area contributed by atoms with Crippen LogP contribution in [0.1, 0.15) is 6.42 Å². The zero-order chi connectivity index (χ0) is 18.1. The Balaban J connectivity index is 1.74. The number of ether oxygens (including phenoxy) is 2. The van der Waals surface area contributed by atoms with Crippen LogP contribution in [0.4, 0.5) is 10.2 Å². The predicted octanol–water partition coefficient (Wildman–Crippen LogP) is 2.17. The van der Waals surface area contributed by atoms with Gasteiger partial charge in [-0.1, -0.05) is 12.1 Å². The van der Waals surface area contributed by atoms with Gasteiger partial charge in [0, 0.05) is 26.3 Å². The summed E-state index contributed by atoms with van der Waals surface area (Å²) in [5.74, 6) is 0.974. The largest absolute Gasteiger partial charge is 0.383 e. The number of aromatic nitrogens is 4. The molecule has 0 amide bonds. The summed E-state index contributed by atoms with van der Waals surface area (Å²) in [4.78, 5) is 2.17. The number of hydrogen-bond acceptors (Lipinski definition) is 6. The Morgan fingerprint density at radius 3 is 2.85 bits per heavy atom. The van der Waals surface area contributed by atoms with E-state index < -0.39 is 0 Å². The Kier molecular flexibility index (Phi) is 4.52. The van der Waals surface area contributed by atoms with Gasteiger partial charge >= 0.3 is 0 Å². The van der Waals surface area contributed by atoms with Crippen molar-refractivity contribution in [3.63, 3.8) is 0 Å². The molecule has 7 nitrogen and oxygen atoms in total. The van der Waals surface area contributed by atoms with Gasteiger partial charge < -0.3 is 14.4 Å². The minimum Gasteiger partial charge on any atom is -0.383 e. The molecule has 136 valence electrons. The molecule has 1 aromatic carbocycles. The third-order valence-electron chi connectivity index (χ3n) is 4.69. The smallest absolute Gasteiger partial charge is 0.185 e. The first-order valence-corrected chi connectivity index (χ1v) is 8.46. The van der Waals surface area contributed by atoms with Crippen LogP contribution in [0.2, 0.25) is 0 Å². The number of benzene rings is 1. The zero-order valence-electron chi connectivity index (χ0n) is 14.7. The number of nitrogens with zero attached hydrogens (tertiary/aromatic N) is 5. The number of halogens is 1. The molecular formula is C18H20FN5O2. The predicted molar refractivity (Wildman–Crippen MR) is 94.6 cm³/mol. The first kappa shape index (κ1) is 16.9. The van der Waals surface area contributed by atoms with Gasteiger partial charge in [-0.25, -0.2) is 4.39 Å². The lowest BCUT2D eigenvalue weighted by molar-refractivity contribution is 0.111. The quantitative estimate of drug-likeness (QED) is 0.697. The molecule has 2 atom stereocenters. The van der Waals surface area contributed by atoms with E-state index in [2.05, 4.69) is 15.1 Å². The van der Waals surface area contributed by atoms with Crippen molar-refractivity contribution in [2.45, 2.75) is 18.6 Å². The zero-order valence-corrected chi connectivity index (χ0v) is 14.7. The van der Waals surface area contributed by atoms with E-state index in [9.17, 15) is 4.39 Å². The maximum Gasteiger partial charge on any atom is 0.185 e. The molecule has 2 aromatic heterocycles. The summed E-state index contributed by atoms with van der Waals surface area (Å²) in [5.41, 5.74) is 1.24. The second kappa shape index (κ2) is 6.97. The Labute approximate surface area is 150 Å². The highest BCUT2D eigenvalue weighted by Crippen LogP contribution is 2.27. The molecule has 0 aliphatic carbocycles. The molecule has 3 aromatic rings. The van der Waals surface area contributed by atoms with Crippen molar-refractivity contribution < 1.29 is 13.9 Å². The standard InChI is InChI=1S/C18H20FN5O2/c1-25-11-14-9-15(26-2)10-23(14)17-7-6-16-20-21-18(24(16)22-17)12-4-3-5-13(19)8-12/h3-8,14-15H,9-11H2,1-2H3/t14-,15+/m0/s1. The summed E-state index contributed by atoms with van der Waals surface area (Å²) in [6.45, 7) is 1.33. The molecule has 1 fully saturated rings. The Morgan fingerprint density at radius 2 is 2.08 bits per heavy atom. The number of methoxy groups -OCH3 is 2. The lowest BCUT2D eigenvalue weighted by atomic mass is 10.2. The lowest BCUT2D eigenvalue weighted by Gasteiger charge is -2.24. The highest BCUT2D eigenvalue weighted by molar-refractivity contribution is 5.60. The number of hydrogen-bond donors (Lipinski definition) is 0. The molecule has 3 heterocycles. The average Bonchev–Trinajstić information content (AvgIpc) is 3.25. The fraction of sp³-hybridized carbons (Fsp3) is 0.389. The second-order valence-electron chi connectivity index (χ2n) is 6.35. The van der Waals surface area contributed by atoms with Crippen LogP contribution < -0.4 is 4.90 Å². The van der Waals surface area contributed by atoms with Gasteiger partial charge in [-0.05, 0) is 30.7 Å². The fourth-order valence-electron chi connectivity index (χ4n) is 3.42. The van der Waals surface area contributed by atoms with Crippen LogP contribution in [0.3, 0.4) is 0 Å². The second-order valence-corrected chi connectivity index (χ2v) is 6.35. The molecular weight excluding hydrogens is 337 g/mol. The summed E-state index contributed by atoms with van der Waals surface area (Å²) in [6, 6.07) is 10.2. The molecule has 0 N–H and O–H groups in total. The summed E-state index contributed by atoms with van der Waals surface area (Å²) in [6.07, 6.45) is 1.01. The molecule has 0 unspecified atom stereocenters. The van der Waals surface area contributed by atoms with Crippen LogP contribution in [0, 0.1) is 5.82 Å². The van der Waals surface area contributed by atoms with E-state index in [1.54, 1.807) is 30.9 Å². The van der Waals surface area contributed by atoms with Crippen molar-refractivity contribution in [1.29, 1.82) is 0 Å². The minimum atomic E-state index is -0.321. The van der Waals surface area contributed by atoms with Gasteiger partial charge in [-0.2, -0.15) is 4.52 Å². The Hall–Kier alpha value is -2.58. The molecule has 0 saturated carbocycles. The van der Waals surface area contributed by atoms with Gasteiger partial charge in [0.05, 0.1) is 18.8 Å². The van der Waals surface area contributed by atoms with Gasteiger partial charge in [0.15, 0.2) is 11.5 Å². The molecule has 1 aliphatic heterocycles. The molecule has 0 spiro atoms. The van der Waals surface area contributed by atoms with Crippen molar-refractivity contribution in [2.24, 2.45) is 0 Å². The van der Waals surface area contributed by atoms with Crippen molar-refractivity contribution in [1.82, 2.24) is 19.8 Å². The highest BCUT2D eigenvalue weighted by Gasteiger charge is 2.33. The molecule has 0 radical (unpaired) electrons. The van der Waals surface area contributed by atoms with Gasteiger partial charge in [0.1, 0.15) is 11.6 Å². The molecule has 26 heavy (non-hydrogen) atoms. The van der Waals surface area contributed by atoms with Crippen LogP contribution in [0.25, 0.3) is 17.0 Å². The Morgan fingerprint density at radius 1 is 1.19 bits per heavy atom. The average molecular weight is 357 g/mol. The third-order valence-corrected chi connectivity index (χ3v) is 4.69. The monoisotopic (exact) mass is 357 g/mol. The van der Waals surface area contributed by atoms with Gasteiger partial charge in [-0.3, -0.25) is 0 Å².